The Morgan fingerprint density at radius 2 is 2.00 bits per heavy atom. The highest BCUT2D eigenvalue weighted by Gasteiger charge is 2.21. The molecule has 0 saturated heterocycles. The molecule has 0 aliphatic heterocycles. The molecular formula is C12H14Cl3NO4S. The zero-order chi connectivity index (χ0) is 16.2. The van der Waals surface area contributed by atoms with Gasteiger partial charge >= 0.3 is 0 Å². The molecule has 0 heterocycles. The molecule has 21 heavy (non-hydrogen) atoms. The SMILES string of the molecule is COCCC(C)NC(=O)c1cc(Cl)c(Cl)c(S(=O)(=O)Cl)c1. The Morgan fingerprint density at radius 1 is 1.38 bits per heavy atom. The lowest BCUT2D eigenvalue weighted by Gasteiger charge is -2.14. The van der Waals surface area contributed by atoms with E-state index in [2.05, 4.69) is 5.32 Å². The lowest BCUT2D eigenvalue weighted by atomic mass is 10.2. The van der Waals surface area contributed by atoms with Gasteiger partial charge in [0.25, 0.3) is 15.0 Å². The molecule has 1 aromatic carbocycles. The number of rotatable bonds is 6. The van der Waals surface area contributed by atoms with E-state index < -0.39 is 19.9 Å². The van der Waals surface area contributed by atoms with E-state index in [1.807, 2.05) is 0 Å². The molecule has 0 saturated carbocycles. The van der Waals surface area contributed by atoms with Crippen molar-refractivity contribution in [1.82, 2.24) is 5.32 Å². The summed E-state index contributed by atoms with van der Waals surface area (Å²) in [5.41, 5.74) is 0.0629. The molecule has 9 heteroatoms. The first-order valence-corrected chi connectivity index (χ1v) is 8.97. The van der Waals surface area contributed by atoms with Gasteiger partial charge in [-0.15, -0.1) is 0 Å². The molecule has 0 spiro atoms. The van der Waals surface area contributed by atoms with Crippen LogP contribution in [-0.4, -0.2) is 34.1 Å². The molecule has 0 radical (unpaired) electrons. The Labute approximate surface area is 137 Å². The van der Waals surface area contributed by atoms with Gasteiger partial charge in [-0.25, -0.2) is 8.42 Å². The molecule has 1 amide bonds. The minimum Gasteiger partial charge on any atom is -0.385 e. The quantitative estimate of drug-likeness (QED) is 0.777. The summed E-state index contributed by atoms with van der Waals surface area (Å²) in [5.74, 6) is -0.473. The lowest BCUT2D eigenvalue weighted by Crippen LogP contribution is -2.33. The zero-order valence-electron chi connectivity index (χ0n) is 11.3. The fourth-order valence-corrected chi connectivity index (χ4v) is 3.31. The van der Waals surface area contributed by atoms with Gasteiger partial charge in [0, 0.05) is 36.0 Å². The molecule has 5 nitrogen and oxygen atoms in total. The van der Waals surface area contributed by atoms with Crippen LogP contribution < -0.4 is 5.32 Å². The lowest BCUT2D eigenvalue weighted by molar-refractivity contribution is 0.0929. The monoisotopic (exact) mass is 373 g/mol. The summed E-state index contributed by atoms with van der Waals surface area (Å²) in [7, 11) is 2.73. The maximum atomic E-state index is 12.1. The van der Waals surface area contributed by atoms with Crippen molar-refractivity contribution in [3.8, 4) is 0 Å². The van der Waals surface area contributed by atoms with Crippen LogP contribution in [0.5, 0.6) is 0 Å². The Hall–Kier alpha value is -0.530. The molecule has 1 aromatic rings. The van der Waals surface area contributed by atoms with Crippen LogP contribution in [0.4, 0.5) is 0 Å². The Morgan fingerprint density at radius 3 is 2.52 bits per heavy atom. The average Bonchev–Trinajstić information content (AvgIpc) is 2.37. The van der Waals surface area contributed by atoms with Gasteiger partial charge in [-0.05, 0) is 25.5 Å². The van der Waals surface area contributed by atoms with Gasteiger partial charge in [-0.2, -0.15) is 0 Å². The number of hydrogen-bond acceptors (Lipinski definition) is 4. The highest BCUT2D eigenvalue weighted by Crippen LogP contribution is 2.32. The molecule has 0 aliphatic carbocycles. The van der Waals surface area contributed by atoms with Crippen LogP contribution in [0, 0.1) is 0 Å². The molecule has 0 aromatic heterocycles. The molecule has 0 aliphatic rings. The van der Waals surface area contributed by atoms with Crippen molar-refractivity contribution in [3.05, 3.63) is 27.7 Å². The number of nitrogens with one attached hydrogen (secondary N) is 1. The van der Waals surface area contributed by atoms with E-state index in [4.69, 9.17) is 38.6 Å². The van der Waals surface area contributed by atoms with Gasteiger partial charge in [0.15, 0.2) is 0 Å². The number of methoxy groups -OCH3 is 1. The van der Waals surface area contributed by atoms with Crippen molar-refractivity contribution in [2.45, 2.75) is 24.3 Å². The number of amides is 1. The van der Waals surface area contributed by atoms with Gasteiger partial charge in [-0.1, -0.05) is 23.2 Å². The standard InChI is InChI=1S/C12H14Cl3NO4S/c1-7(3-4-20-2)16-12(17)8-5-9(13)11(14)10(6-8)21(15,18)19/h5-7H,3-4H2,1-2H3,(H,16,17). The second-order valence-corrected chi connectivity index (χ2v) is 7.68. The highest BCUT2D eigenvalue weighted by molar-refractivity contribution is 8.13. The van der Waals surface area contributed by atoms with Crippen molar-refractivity contribution in [1.29, 1.82) is 0 Å². The van der Waals surface area contributed by atoms with Crippen molar-refractivity contribution < 1.29 is 17.9 Å². The molecule has 1 unspecified atom stereocenters. The molecule has 1 N–H and O–H groups in total. The van der Waals surface area contributed by atoms with Crippen LogP contribution in [0.1, 0.15) is 23.7 Å². The predicted octanol–water partition coefficient (Wildman–Crippen LogP) is 3.08. The normalized spacial score (nSPS) is 13.0. The third-order valence-electron chi connectivity index (χ3n) is 2.65. The van der Waals surface area contributed by atoms with Gasteiger partial charge in [0.05, 0.1) is 10.0 Å². The summed E-state index contributed by atoms with van der Waals surface area (Å²) in [6, 6.07) is 2.23. The van der Waals surface area contributed by atoms with Crippen LogP contribution in [0.15, 0.2) is 17.0 Å². The van der Waals surface area contributed by atoms with E-state index in [1.54, 1.807) is 14.0 Å². The second-order valence-electron chi connectivity index (χ2n) is 4.36. The van der Waals surface area contributed by atoms with Gasteiger partial charge < -0.3 is 10.1 Å². The van der Waals surface area contributed by atoms with Crippen molar-refractivity contribution in [2.24, 2.45) is 0 Å². The van der Waals surface area contributed by atoms with Crippen LogP contribution >= 0.6 is 33.9 Å². The smallest absolute Gasteiger partial charge is 0.262 e. The van der Waals surface area contributed by atoms with Crippen LogP contribution in [-0.2, 0) is 13.8 Å². The zero-order valence-corrected chi connectivity index (χ0v) is 14.4. The molecule has 0 fully saturated rings. The minimum atomic E-state index is -4.10. The number of benzene rings is 1. The van der Waals surface area contributed by atoms with Crippen molar-refractivity contribution in [3.63, 3.8) is 0 Å². The molecule has 1 rings (SSSR count). The predicted molar refractivity (Wildman–Crippen MR) is 82.9 cm³/mol. The summed E-state index contributed by atoms with van der Waals surface area (Å²) in [6.07, 6.45) is 0.615. The number of carbonyl (C=O) groups excluding carboxylic acids is 1. The van der Waals surface area contributed by atoms with E-state index in [0.29, 0.717) is 13.0 Å². The van der Waals surface area contributed by atoms with Gasteiger partial charge in [0.2, 0.25) is 0 Å². The number of halogens is 3. The van der Waals surface area contributed by atoms with Crippen molar-refractivity contribution in [2.75, 3.05) is 13.7 Å². The summed E-state index contributed by atoms with van der Waals surface area (Å²) in [6.45, 7) is 2.29. The number of carbonyl (C=O) groups is 1. The molecule has 1 atom stereocenters. The average molecular weight is 375 g/mol. The Bertz CT molecular complexity index is 634. The molecule has 0 bridgehead atoms. The van der Waals surface area contributed by atoms with E-state index >= 15 is 0 Å². The third-order valence-corrected chi connectivity index (χ3v) is 4.91. The van der Waals surface area contributed by atoms with Crippen LogP contribution in [0.3, 0.4) is 0 Å². The van der Waals surface area contributed by atoms with Gasteiger partial charge in [0.1, 0.15) is 4.90 Å². The first kappa shape index (κ1) is 18.5. The van der Waals surface area contributed by atoms with Crippen LogP contribution in [0.25, 0.3) is 0 Å². The number of ether oxygens (including phenoxy) is 1. The summed E-state index contributed by atoms with van der Waals surface area (Å²) < 4.78 is 27.7. The maximum Gasteiger partial charge on any atom is 0.262 e. The fourth-order valence-electron chi connectivity index (χ4n) is 1.55. The van der Waals surface area contributed by atoms with E-state index in [1.165, 1.54) is 6.07 Å². The largest absolute Gasteiger partial charge is 0.385 e. The van der Waals surface area contributed by atoms with E-state index in [9.17, 15) is 13.2 Å². The highest BCUT2D eigenvalue weighted by atomic mass is 35.7. The Balaban J connectivity index is 3.04. The maximum absolute atomic E-state index is 12.1. The Kier molecular flexibility index (Phi) is 6.74. The van der Waals surface area contributed by atoms with E-state index in [0.717, 1.165) is 6.07 Å². The molecular weight excluding hydrogens is 361 g/mol. The first-order chi connectivity index (χ1) is 9.66. The second kappa shape index (κ2) is 7.65. The molecule has 118 valence electrons. The van der Waals surface area contributed by atoms with Gasteiger partial charge in [-0.3, -0.25) is 4.79 Å². The van der Waals surface area contributed by atoms with Crippen molar-refractivity contribution >= 4 is 48.8 Å². The van der Waals surface area contributed by atoms with Crippen LogP contribution in [0.2, 0.25) is 10.0 Å². The summed E-state index contributed by atoms with van der Waals surface area (Å²) in [5, 5.41) is 2.42. The van der Waals surface area contributed by atoms with E-state index in [-0.39, 0.29) is 21.7 Å². The summed E-state index contributed by atoms with van der Waals surface area (Å²) in [4.78, 5) is 11.7. The summed E-state index contributed by atoms with van der Waals surface area (Å²) >= 11 is 11.6. The number of hydrogen-bond donors (Lipinski definition) is 1. The topological polar surface area (TPSA) is 72.5 Å². The fraction of sp³-hybridized carbons (Fsp3) is 0.417. The third kappa shape index (κ3) is 5.30. The first-order valence-electron chi connectivity index (χ1n) is 5.90. The minimum absolute atomic E-state index is 0.0620.